The zero-order valence-electron chi connectivity index (χ0n) is 7.25. The summed E-state index contributed by atoms with van der Waals surface area (Å²) in [6, 6.07) is 4.02. The number of carboxylic acid groups (broad SMARTS) is 1. The molecule has 2 rings (SSSR count). The summed E-state index contributed by atoms with van der Waals surface area (Å²) in [6.07, 6.45) is 1.57. The first-order chi connectivity index (χ1) is 6.68. The number of nitrogens with one attached hydrogen (secondary N) is 1. The van der Waals surface area contributed by atoms with E-state index in [-0.39, 0.29) is 11.4 Å². The summed E-state index contributed by atoms with van der Waals surface area (Å²) < 4.78 is 12.8. The van der Waals surface area contributed by atoms with Crippen molar-refractivity contribution in [2.75, 3.05) is 11.9 Å². The number of rotatable bonds is 1. The van der Waals surface area contributed by atoms with Crippen LogP contribution in [0.25, 0.3) is 5.57 Å². The van der Waals surface area contributed by atoms with Crippen LogP contribution in [-0.4, -0.2) is 17.6 Å². The molecule has 4 heteroatoms. The topological polar surface area (TPSA) is 49.3 Å². The molecule has 0 fully saturated rings. The second-order valence-corrected chi connectivity index (χ2v) is 2.99. The van der Waals surface area contributed by atoms with Crippen LogP contribution in [0.3, 0.4) is 0 Å². The molecule has 0 atom stereocenters. The molecular formula is C10H8FNO2. The molecule has 0 amide bonds. The van der Waals surface area contributed by atoms with Gasteiger partial charge in [0.05, 0.1) is 5.57 Å². The third-order valence-electron chi connectivity index (χ3n) is 2.10. The number of hydrogen-bond donors (Lipinski definition) is 2. The molecule has 1 aliphatic heterocycles. The van der Waals surface area contributed by atoms with Gasteiger partial charge in [0.25, 0.3) is 0 Å². The van der Waals surface area contributed by atoms with Gasteiger partial charge in [0.15, 0.2) is 0 Å². The number of hydrogen-bond acceptors (Lipinski definition) is 2. The number of halogens is 1. The van der Waals surface area contributed by atoms with Gasteiger partial charge in [-0.3, -0.25) is 0 Å². The van der Waals surface area contributed by atoms with E-state index in [1.54, 1.807) is 6.08 Å². The highest BCUT2D eigenvalue weighted by Gasteiger charge is 2.17. The Bertz CT molecular complexity index is 426. The van der Waals surface area contributed by atoms with E-state index in [0.29, 0.717) is 17.8 Å². The van der Waals surface area contributed by atoms with E-state index in [2.05, 4.69) is 5.32 Å². The first kappa shape index (κ1) is 8.74. The van der Waals surface area contributed by atoms with Crippen molar-refractivity contribution in [2.24, 2.45) is 0 Å². The largest absolute Gasteiger partial charge is 0.478 e. The normalized spacial score (nSPS) is 13.9. The highest BCUT2D eigenvalue weighted by atomic mass is 19.1. The van der Waals surface area contributed by atoms with Gasteiger partial charge in [-0.2, -0.15) is 0 Å². The standard InChI is InChI=1S/C10H8FNO2/c11-6-1-2-7-8(10(13)14)3-4-12-9(7)5-6/h1-3,5,12H,4H2,(H,13,14). The summed E-state index contributed by atoms with van der Waals surface area (Å²) in [6.45, 7) is 0.415. The Morgan fingerprint density at radius 2 is 2.29 bits per heavy atom. The molecule has 0 saturated heterocycles. The molecule has 3 nitrogen and oxygen atoms in total. The van der Waals surface area contributed by atoms with Gasteiger partial charge < -0.3 is 10.4 Å². The lowest BCUT2D eigenvalue weighted by molar-refractivity contribution is -0.130. The van der Waals surface area contributed by atoms with Crippen molar-refractivity contribution in [3.05, 3.63) is 35.7 Å². The Balaban J connectivity index is 2.54. The lowest BCUT2D eigenvalue weighted by Gasteiger charge is -2.16. The molecule has 0 radical (unpaired) electrons. The average Bonchev–Trinajstić information content (AvgIpc) is 2.16. The number of benzene rings is 1. The Morgan fingerprint density at radius 3 is 3.00 bits per heavy atom. The van der Waals surface area contributed by atoms with E-state index in [9.17, 15) is 9.18 Å². The zero-order chi connectivity index (χ0) is 10.1. The van der Waals surface area contributed by atoms with Crippen molar-refractivity contribution in [3.63, 3.8) is 0 Å². The molecular weight excluding hydrogens is 185 g/mol. The Morgan fingerprint density at radius 1 is 1.50 bits per heavy atom. The minimum Gasteiger partial charge on any atom is -0.478 e. The molecule has 1 aliphatic rings. The fourth-order valence-corrected chi connectivity index (χ4v) is 1.47. The predicted molar refractivity (Wildman–Crippen MR) is 50.5 cm³/mol. The van der Waals surface area contributed by atoms with Crippen LogP contribution in [-0.2, 0) is 4.79 Å². The monoisotopic (exact) mass is 193 g/mol. The first-order valence-corrected chi connectivity index (χ1v) is 4.16. The smallest absolute Gasteiger partial charge is 0.336 e. The molecule has 14 heavy (non-hydrogen) atoms. The lowest BCUT2D eigenvalue weighted by atomic mass is 10.0. The van der Waals surface area contributed by atoms with E-state index in [1.165, 1.54) is 18.2 Å². The van der Waals surface area contributed by atoms with Gasteiger partial charge in [-0.1, -0.05) is 6.08 Å². The predicted octanol–water partition coefficient (Wildman–Crippen LogP) is 1.72. The number of anilines is 1. The number of aliphatic carboxylic acids is 1. The maximum atomic E-state index is 12.8. The maximum Gasteiger partial charge on any atom is 0.336 e. The van der Waals surface area contributed by atoms with E-state index >= 15 is 0 Å². The minimum atomic E-state index is -0.987. The molecule has 2 N–H and O–H groups in total. The SMILES string of the molecule is O=C(O)C1=CCNc2cc(F)ccc21. The van der Waals surface area contributed by atoms with Crippen LogP contribution < -0.4 is 5.32 Å². The van der Waals surface area contributed by atoms with Crippen molar-refractivity contribution in [2.45, 2.75) is 0 Å². The van der Waals surface area contributed by atoms with Gasteiger partial charge >= 0.3 is 5.97 Å². The fourth-order valence-electron chi connectivity index (χ4n) is 1.47. The Kier molecular flexibility index (Phi) is 1.96. The van der Waals surface area contributed by atoms with Gasteiger partial charge in [-0.25, -0.2) is 9.18 Å². The lowest BCUT2D eigenvalue weighted by Crippen LogP contribution is -2.12. The van der Waals surface area contributed by atoms with Crippen molar-refractivity contribution in [1.29, 1.82) is 0 Å². The zero-order valence-corrected chi connectivity index (χ0v) is 7.25. The first-order valence-electron chi connectivity index (χ1n) is 4.16. The van der Waals surface area contributed by atoms with Crippen LogP contribution >= 0.6 is 0 Å². The third kappa shape index (κ3) is 1.35. The minimum absolute atomic E-state index is 0.221. The van der Waals surface area contributed by atoms with Crippen LogP contribution in [0, 0.1) is 5.82 Å². The molecule has 0 aromatic heterocycles. The maximum absolute atomic E-state index is 12.8. The van der Waals surface area contributed by atoms with Crippen LogP contribution in [0.2, 0.25) is 0 Å². The van der Waals surface area contributed by atoms with E-state index in [1.807, 2.05) is 0 Å². The van der Waals surface area contributed by atoms with Crippen LogP contribution in [0.15, 0.2) is 24.3 Å². The van der Waals surface area contributed by atoms with Crippen LogP contribution in [0.1, 0.15) is 5.56 Å². The molecule has 72 valence electrons. The summed E-state index contributed by atoms with van der Waals surface area (Å²) >= 11 is 0. The van der Waals surface area contributed by atoms with Crippen molar-refractivity contribution in [1.82, 2.24) is 0 Å². The fraction of sp³-hybridized carbons (Fsp3) is 0.100. The number of carboxylic acids is 1. The molecule has 0 saturated carbocycles. The Labute approximate surface area is 79.9 Å². The van der Waals surface area contributed by atoms with E-state index in [4.69, 9.17) is 5.11 Å². The van der Waals surface area contributed by atoms with Crippen molar-refractivity contribution >= 4 is 17.2 Å². The number of fused-ring (bicyclic) bond motifs is 1. The highest BCUT2D eigenvalue weighted by Crippen LogP contribution is 2.27. The summed E-state index contributed by atoms with van der Waals surface area (Å²) in [5, 5.41) is 11.8. The molecule has 1 aromatic carbocycles. The molecule has 0 spiro atoms. The molecule has 1 heterocycles. The van der Waals surface area contributed by atoms with Gasteiger partial charge in [-0.15, -0.1) is 0 Å². The van der Waals surface area contributed by atoms with Gasteiger partial charge in [0.1, 0.15) is 5.82 Å². The number of carbonyl (C=O) groups is 1. The third-order valence-corrected chi connectivity index (χ3v) is 2.10. The van der Waals surface area contributed by atoms with Gasteiger partial charge in [-0.05, 0) is 18.2 Å². The van der Waals surface area contributed by atoms with Gasteiger partial charge in [0, 0.05) is 17.8 Å². The second-order valence-electron chi connectivity index (χ2n) is 2.99. The summed E-state index contributed by atoms with van der Waals surface area (Å²) in [5.74, 6) is -1.36. The van der Waals surface area contributed by atoms with E-state index in [0.717, 1.165) is 0 Å². The molecule has 0 unspecified atom stereocenters. The Hall–Kier alpha value is -1.84. The molecule has 1 aromatic rings. The quantitative estimate of drug-likeness (QED) is 0.713. The molecule has 0 aliphatic carbocycles. The van der Waals surface area contributed by atoms with E-state index < -0.39 is 5.97 Å². The highest BCUT2D eigenvalue weighted by molar-refractivity contribution is 6.17. The van der Waals surface area contributed by atoms with Crippen LogP contribution in [0.4, 0.5) is 10.1 Å². The second kappa shape index (κ2) is 3.14. The summed E-state index contributed by atoms with van der Waals surface area (Å²) in [7, 11) is 0. The van der Waals surface area contributed by atoms with Crippen LogP contribution in [0.5, 0.6) is 0 Å². The summed E-state index contributed by atoms with van der Waals surface area (Å²) in [4.78, 5) is 10.8. The average molecular weight is 193 g/mol. The van der Waals surface area contributed by atoms with Gasteiger partial charge in [0.2, 0.25) is 0 Å². The molecule has 0 bridgehead atoms. The van der Waals surface area contributed by atoms with Crippen molar-refractivity contribution < 1.29 is 14.3 Å². The summed E-state index contributed by atoms with van der Waals surface area (Å²) in [5.41, 5.74) is 1.29. The van der Waals surface area contributed by atoms with Crippen molar-refractivity contribution in [3.8, 4) is 0 Å².